The Morgan fingerprint density at radius 1 is 1.15 bits per heavy atom. The number of nitrogens with two attached hydrogens (primary N) is 2. The van der Waals surface area contributed by atoms with Gasteiger partial charge in [-0.2, -0.15) is 10.2 Å². The fraction of sp³-hybridized carbons (Fsp3) is 0.0556. The molecule has 0 saturated heterocycles. The third kappa shape index (κ3) is 3.73. The van der Waals surface area contributed by atoms with Crippen LogP contribution in [0, 0.1) is 17.1 Å². The second-order valence-corrected chi connectivity index (χ2v) is 6.27. The first-order chi connectivity index (χ1) is 12.5. The van der Waals surface area contributed by atoms with Crippen molar-refractivity contribution in [2.45, 2.75) is 6.61 Å². The Morgan fingerprint density at radius 3 is 2.69 bits per heavy atom. The average Bonchev–Trinajstić information content (AvgIpc) is 2.60. The molecule has 0 atom stereocenters. The molecule has 8 heteroatoms. The summed E-state index contributed by atoms with van der Waals surface area (Å²) in [6, 6.07) is 13.6. The van der Waals surface area contributed by atoms with E-state index >= 15 is 0 Å². The minimum Gasteiger partial charge on any atom is -0.489 e. The van der Waals surface area contributed by atoms with Crippen LogP contribution in [0.4, 0.5) is 16.2 Å². The molecule has 0 fully saturated rings. The molecule has 6 nitrogen and oxygen atoms in total. The van der Waals surface area contributed by atoms with E-state index in [9.17, 15) is 9.65 Å². The third-order valence-electron chi connectivity index (χ3n) is 3.58. The number of nitriles is 1. The standard InChI is InChI=1S/C18H13BrFN5O/c19-12-5-4-11(15(20)7-12)9-26-13-3-1-2-10(6-13)16-14(8-21)17(22)25-18(23)24-16/h1-7H,9H2,(H4,22,23,24,25). The van der Waals surface area contributed by atoms with E-state index < -0.39 is 0 Å². The summed E-state index contributed by atoms with van der Waals surface area (Å²) in [4.78, 5) is 7.89. The van der Waals surface area contributed by atoms with Crippen LogP contribution in [0.1, 0.15) is 11.1 Å². The fourth-order valence-corrected chi connectivity index (χ4v) is 2.68. The van der Waals surface area contributed by atoms with Crippen LogP contribution >= 0.6 is 15.9 Å². The maximum absolute atomic E-state index is 13.9. The Morgan fingerprint density at radius 2 is 1.96 bits per heavy atom. The quantitative estimate of drug-likeness (QED) is 0.674. The normalized spacial score (nSPS) is 10.3. The summed E-state index contributed by atoms with van der Waals surface area (Å²) in [5.74, 6) is 0.112. The number of nitrogen functional groups attached to an aromatic ring is 2. The van der Waals surface area contributed by atoms with Gasteiger partial charge in [0, 0.05) is 15.6 Å². The van der Waals surface area contributed by atoms with Crippen molar-refractivity contribution in [1.82, 2.24) is 9.97 Å². The van der Waals surface area contributed by atoms with Crippen LogP contribution in [0.15, 0.2) is 46.9 Å². The zero-order chi connectivity index (χ0) is 18.7. The lowest BCUT2D eigenvalue weighted by Crippen LogP contribution is -2.05. The third-order valence-corrected chi connectivity index (χ3v) is 4.08. The van der Waals surface area contributed by atoms with Crippen molar-refractivity contribution >= 4 is 27.7 Å². The number of halogens is 2. The predicted molar refractivity (Wildman–Crippen MR) is 99.4 cm³/mol. The van der Waals surface area contributed by atoms with Gasteiger partial charge in [-0.1, -0.05) is 34.1 Å². The molecule has 0 aliphatic carbocycles. The van der Waals surface area contributed by atoms with Crippen molar-refractivity contribution in [2.75, 3.05) is 11.5 Å². The highest BCUT2D eigenvalue weighted by Gasteiger charge is 2.14. The second-order valence-electron chi connectivity index (χ2n) is 5.35. The molecule has 0 amide bonds. The molecule has 0 radical (unpaired) electrons. The van der Waals surface area contributed by atoms with Gasteiger partial charge >= 0.3 is 0 Å². The molecule has 130 valence electrons. The Bertz CT molecular complexity index is 1020. The Hall–Kier alpha value is -3.18. The molecule has 1 aromatic heterocycles. The number of aromatic nitrogens is 2. The molecule has 3 rings (SSSR count). The van der Waals surface area contributed by atoms with E-state index in [-0.39, 0.29) is 29.8 Å². The molecule has 26 heavy (non-hydrogen) atoms. The molecule has 3 aromatic rings. The summed E-state index contributed by atoms with van der Waals surface area (Å²) in [5, 5.41) is 9.30. The van der Waals surface area contributed by atoms with E-state index in [0.717, 1.165) is 0 Å². The molecule has 4 N–H and O–H groups in total. The Balaban J connectivity index is 1.89. The van der Waals surface area contributed by atoms with Crippen LogP contribution in [0.5, 0.6) is 5.75 Å². The highest BCUT2D eigenvalue weighted by molar-refractivity contribution is 9.10. The molecule has 0 saturated carbocycles. The number of anilines is 2. The minimum absolute atomic E-state index is 0.0123. The zero-order valence-electron chi connectivity index (χ0n) is 13.4. The fourth-order valence-electron chi connectivity index (χ4n) is 2.35. The zero-order valence-corrected chi connectivity index (χ0v) is 15.0. The van der Waals surface area contributed by atoms with Gasteiger partial charge in [-0.3, -0.25) is 0 Å². The van der Waals surface area contributed by atoms with Gasteiger partial charge in [0.25, 0.3) is 0 Å². The van der Waals surface area contributed by atoms with Crippen molar-refractivity contribution in [2.24, 2.45) is 0 Å². The van der Waals surface area contributed by atoms with Crippen LogP contribution in [0.3, 0.4) is 0 Å². The van der Waals surface area contributed by atoms with Gasteiger partial charge in [0.2, 0.25) is 5.95 Å². The summed E-state index contributed by atoms with van der Waals surface area (Å²) in [5.41, 5.74) is 12.8. The number of benzene rings is 2. The summed E-state index contributed by atoms with van der Waals surface area (Å²) in [6.07, 6.45) is 0. The SMILES string of the molecule is N#Cc1c(N)nc(N)nc1-c1cccc(OCc2ccc(Br)cc2F)c1. The number of hydrogen-bond acceptors (Lipinski definition) is 6. The molecule has 0 aliphatic heterocycles. The van der Waals surface area contributed by atoms with Gasteiger partial charge in [0.1, 0.15) is 35.6 Å². The second kappa shape index (κ2) is 7.37. The number of rotatable bonds is 4. The molecule has 0 bridgehead atoms. The van der Waals surface area contributed by atoms with Gasteiger partial charge < -0.3 is 16.2 Å². The van der Waals surface area contributed by atoms with Crippen molar-refractivity contribution in [1.29, 1.82) is 5.26 Å². The van der Waals surface area contributed by atoms with E-state index in [4.69, 9.17) is 16.2 Å². The first-order valence-electron chi connectivity index (χ1n) is 7.48. The van der Waals surface area contributed by atoms with E-state index in [0.29, 0.717) is 27.0 Å². The van der Waals surface area contributed by atoms with Crippen LogP contribution in [-0.4, -0.2) is 9.97 Å². The lowest BCUT2D eigenvalue weighted by molar-refractivity contribution is 0.300. The van der Waals surface area contributed by atoms with Crippen molar-refractivity contribution in [3.8, 4) is 23.1 Å². The van der Waals surface area contributed by atoms with Crippen molar-refractivity contribution in [3.63, 3.8) is 0 Å². The van der Waals surface area contributed by atoms with E-state index in [1.54, 1.807) is 36.4 Å². The first kappa shape index (κ1) is 17.6. The van der Waals surface area contributed by atoms with Gasteiger partial charge in [-0.05, 0) is 24.3 Å². The topological polar surface area (TPSA) is 111 Å². The summed E-state index contributed by atoms with van der Waals surface area (Å²) < 4.78 is 20.2. The molecular weight excluding hydrogens is 401 g/mol. The predicted octanol–water partition coefficient (Wildman–Crippen LogP) is 3.66. The Labute approximate surface area is 157 Å². The van der Waals surface area contributed by atoms with Crippen LogP contribution in [0.2, 0.25) is 0 Å². The van der Waals surface area contributed by atoms with E-state index in [1.165, 1.54) is 6.07 Å². The van der Waals surface area contributed by atoms with Crippen LogP contribution in [-0.2, 0) is 6.61 Å². The number of nitrogens with zero attached hydrogens (tertiary/aromatic N) is 3. The summed E-state index contributed by atoms with van der Waals surface area (Å²) in [7, 11) is 0. The van der Waals surface area contributed by atoms with Gasteiger partial charge in [-0.25, -0.2) is 9.37 Å². The molecule has 0 unspecified atom stereocenters. The highest BCUT2D eigenvalue weighted by atomic mass is 79.9. The lowest BCUT2D eigenvalue weighted by atomic mass is 10.1. The summed E-state index contributed by atoms with van der Waals surface area (Å²) >= 11 is 3.21. The number of hydrogen-bond donors (Lipinski definition) is 2. The molecular formula is C18H13BrFN5O. The highest BCUT2D eigenvalue weighted by Crippen LogP contribution is 2.28. The maximum Gasteiger partial charge on any atom is 0.222 e. The monoisotopic (exact) mass is 413 g/mol. The lowest BCUT2D eigenvalue weighted by Gasteiger charge is -2.10. The number of ether oxygens (including phenoxy) is 1. The van der Waals surface area contributed by atoms with Crippen molar-refractivity contribution < 1.29 is 9.13 Å². The minimum atomic E-state index is -0.362. The Kier molecular flexibility index (Phi) is 5.00. The van der Waals surface area contributed by atoms with Crippen LogP contribution in [0.25, 0.3) is 11.3 Å². The van der Waals surface area contributed by atoms with E-state index in [2.05, 4.69) is 25.9 Å². The smallest absolute Gasteiger partial charge is 0.222 e. The average molecular weight is 414 g/mol. The molecule has 1 heterocycles. The van der Waals surface area contributed by atoms with Gasteiger partial charge in [-0.15, -0.1) is 0 Å². The van der Waals surface area contributed by atoms with Crippen LogP contribution < -0.4 is 16.2 Å². The maximum atomic E-state index is 13.9. The molecule has 2 aromatic carbocycles. The van der Waals surface area contributed by atoms with Gasteiger partial charge in [0.05, 0.1) is 5.69 Å². The van der Waals surface area contributed by atoms with E-state index in [1.807, 2.05) is 6.07 Å². The largest absolute Gasteiger partial charge is 0.489 e. The van der Waals surface area contributed by atoms with Crippen molar-refractivity contribution in [3.05, 3.63) is 63.9 Å². The summed E-state index contributed by atoms with van der Waals surface area (Å²) in [6.45, 7) is 0.0573. The molecule has 0 aliphatic rings. The molecule has 0 spiro atoms. The van der Waals surface area contributed by atoms with Gasteiger partial charge in [0.15, 0.2) is 0 Å². The first-order valence-corrected chi connectivity index (χ1v) is 8.27.